The molecule has 28 heavy (non-hydrogen) atoms. The molecule has 0 unspecified atom stereocenters. The van der Waals surface area contributed by atoms with Crippen molar-refractivity contribution in [2.45, 2.75) is 26.4 Å². The summed E-state index contributed by atoms with van der Waals surface area (Å²) in [5, 5.41) is 6.89. The fraction of sp³-hybridized carbons (Fsp3) is 0.409. The number of aryl methyl sites for hydroxylation is 1. The quantitative estimate of drug-likeness (QED) is 0.367. The SMILES string of the molecule is CCc1ccccc1CNC(=NC)NCc1ccccc1N1CCOCC1.I. The van der Waals surface area contributed by atoms with E-state index < -0.39 is 0 Å². The zero-order valence-corrected chi connectivity index (χ0v) is 19.1. The second-order valence-corrected chi connectivity index (χ2v) is 6.63. The van der Waals surface area contributed by atoms with Crippen LogP contribution in [0.5, 0.6) is 0 Å². The molecule has 2 N–H and O–H groups in total. The summed E-state index contributed by atoms with van der Waals surface area (Å²) in [6.45, 7) is 7.17. The third-order valence-corrected chi connectivity index (χ3v) is 4.96. The Morgan fingerprint density at radius 3 is 2.14 bits per heavy atom. The van der Waals surface area contributed by atoms with Gasteiger partial charge in [-0.05, 0) is 29.2 Å². The molecule has 5 nitrogen and oxygen atoms in total. The molecule has 2 aromatic carbocycles. The topological polar surface area (TPSA) is 48.9 Å². The highest BCUT2D eigenvalue weighted by atomic mass is 127. The Bertz CT molecular complexity index is 760. The number of nitrogens with zero attached hydrogens (tertiary/aromatic N) is 2. The normalized spacial score (nSPS) is 14.4. The Balaban J connectivity index is 0.00000280. The van der Waals surface area contributed by atoms with Gasteiger partial charge in [-0.25, -0.2) is 0 Å². The van der Waals surface area contributed by atoms with Crippen LogP contribution in [-0.4, -0.2) is 39.3 Å². The predicted molar refractivity (Wildman–Crippen MR) is 128 cm³/mol. The number of benzene rings is 2. The number of anilines is 1. The lowest BCUT2D eigenvalue weighted by atomic mass is 10.1. The van der Waals surface area contributed by atoms with E-state index in [0.717, 1.165) is 51.8 Å². The largest absolute Gasteiger partial charge is 0.378 e. The smallest absolute Gasteiger partial charge is 0.191 e. The van der Waals surface area contributed by atoms with Gasteiger partial charge < -0.3 is 20.3 Å². The van der Waals surface area contributed by atoms with E-state index in [1.54, 1.807) is 0 Å². The summed E-state index contributed by atoms with van der Waals surface area (Å²) >= 11 is 0. The average molecular weight is 494 g/mol. The second-order valence-electron chi connectivity index (χ2n) is 6.63. The highest BCUT2D eigenvalue weighted by Gasteiger charge is 2.14. The van der Waals surface area contributed by atoms with Crippen molar-refractivity contribution in [3.8, 4) is 0 Å². The van der Waals surface area contributed by atoms with E-state index >= 15 is 0 Å². The molecule has 0 radical (unpaired) electrons. The molecule has 0 saturated carbocycles. The molecule has 1 fully saturated rings. The van der Waals surface area contributed by atoms with Gasteiger partial charge in [-0.15, -0.1) is 24.0 Å². The van der Waals surface area contributed by atoms with Gasteiger partial charge in [0, 0.05) is 38.9 Å². The number of para-hydroxylation sites is 1. The third kappa shape index (κ3) is 6.10. The number of nitrogens with one attached hydrogen (secondary N) is 2. The number of hydrogen-bond acceptors (Lipinski definition) is 3. The molecular weight excluding hydrogens is 463 g/mol. The Kier molecular flexibility index (Phi) is 9.57. The summed E-state index contributed by atoms with van der Waals surface area (Å²) in [5.74, 6) is 0.817. The minimum atomic E-state index is 0. The van der Waals surface area contributed by atoms with Crippen molar-refractivity contribution in [1.29, 1.82) is 0 Å². The van der Waals surface area contributed by atoms with Crippen LogP contribution in [0.3, 0.4) is 0 Å². The van der Waals surface area contributed by atoms with Gasteiger partial charge in [0.1, 0.15) is 0 Å². The lowest BCUT2D eigenvalue weighted by Crippen LogP contribution is -2.39. The number of ether oxygens (including phenoxy) is 1. The Hall–Kier alpha value is -1.80. The van der Waals surface area contributed by atoms with Gasteiger partial charge in [0.05, 0.1) is 13.2 Å². The Labute approximate surface area is 185 Å². The number of hydrogen-bond donors (Lipinski definition) is 2. The Morgan fingerprint density at radius 1 is 0.929 bits per heavy atom. The molecule has 0 amide bonds. The first-order valence-corrected chi connectivity index (χ1v) is 9.73. The highest BCUT2D eigenvalue weighted by molar-refractivity contribution is 14.0. The highest BCUT2D eigenvalue weighted by Crippen LogP contribution is 2.21. The molecule has 0 spiro atoms. The molecule has 1 aliphatic heterocycles. The van der Waals surface area contributed by atoms with Crippen LogP contribution in [0, 0.1) is 0 Å². The number of halogens is 1. The van der Waals surface area contributed by atoms with Crippen molar-refractivity contribution in [3.63, 3.8) is 0 Å². The van der Waals surface area contributed by atoms with Gasteiger partial charge in [-0.2, -0.15) is 0 Å². The van der Waals surface area contributed by atoms with Crippen LogP contribution in [0.1, 0.15) is 23.6 Å². The number of aliphatic imine (C=N–C) groups is 1. The maximum atomic E-state index is 5.48. The van der Waals surface area contributed by atoms with E-state index in [0.29, 0.717) is 0 Å². The van der Waals surface area contributed by atoms with E-state index in [1.807, 2.05) is 7.05 Å². The molecule has 0 bridgehead atoms. The van der Waals surface area contributed by atoms with Crippen molar-refractivity contribution in [2.75, 3.05) is 38.3 Å². The number of morpholine rings is 1. The molecule has 1 heterocycles. The summed E-state index contributed by atoms with van der Waals surface area (Å²) in [5.41, 5.74) is 5.24. The zero-order valence-electron chi connectivity index (χ0n) is 16.8. The predicted octanol–water partition coefficient (Wildman–Crippen LogP) is 3.57. The fourth-order valence-electron chi connectivity index (χ4n) is 3.43. The fourth-order valence-corrected chi connectivity index (χ4v) is 3.43. The number of rotatable bonds is 6. The molecule has 0 atom stereocenters. The van der Waals surface area contributed by atoms with Gasteiger partial charge in [0.15, 0.2) is 5.96 Å². The first-order valence-electron chi connectivity index (χ1n) is 9.73. The average Bonchev–Trinajstić information content (AvgIpc) is 2.75. The molecule has 0 aliphatic carbocycles. The molecule has 152 valence electrons. The van der Waals surface area contributed by atoms with E-state index in [9.17, 15) is 0 Å². The molecule has 0 aromatic heterocycles. The minimum Gasteiger partial charge on any atom is -0.378 e. The van der Waals surface area contributed by atoms with Crippen molar-refractivity contribution in [3.05, 3.63) is 65.2 Å². The zero-order chi connectivity index (χ0) is 18.9. The van der Waals surface area contributed by atoms with Crippen LogP contribution in [0.2, 0.25) is 0 Å². The summed E-state index contributed by atoms with van der Waals surface area (Å²) in [6, 6.07) is 17.1. The summed E-state index contributed by atoms with van der Waals surface area (Å²) in [7, 11) is 1.81. The van der Waals surface area contributed by atoms with Crippen LogP contribution in [-0.2, 0) is 24.2 Å². The standard InChI is InChI=1S/C22H30N4O.HI/c1-3-18-8-4-5-9-19(18)16-24-22(23-2)25-17-20-10-6-7-11-21(20)26-12-14-27-15-13-26;/h4-11H,3,12-17H2,1-2H3,(H2,23,24,25);1H. The van der Waals surface area contributed by atoms with Gasteiger partial charge in [-0.3, -0.25) is 4.99 Å². The molecule has 2 aromatic rings. The molecular formula is C22H31IN4O. The van der Waals surface area contributed by atoms with Gasteiger partial charge in [0.25, 0.3) is 0 Å². The summed E-state index contributed by atoms with van der Waals surface area (Å²) in [6.07, 6.45) is 1.04. The lowest BCUT2D eigenvalue weighted by Gasteiger charge is -2.30. The molecule has 3 rings (SSSR count). The van der Waals surface area contributed by atoms with Crippen molar-refractivity contribution in [1.82, 2.24) is 10.6 Å². The van der Waals surface area contributed by atoms with Crippen LogP contribution in [0.4, 0.5) is 5.69 Å². The van der Waals surface area contributed by atoms with Crippen molar-refractivity contribution >= 4 is 35.6 Å². The van der Waals surface area contributed by atoms with Crippen LogP contribution < -0.4 is 15.5 Å². The monoisotopic (exact) mass is 494 g/mol. The third-order valence-electron chi connectivity index (χ3n) is 4.96. The minimum absolute atomic E-state index is 0. The maximum absolute atomic E-state index is 5.48. The summed E-state index contributed by atoms with van der Waals surface area (Å²) in [4.78, 5) is 6.77. The van der Waals surface area contributed by atoms with Crippen LogP contribution >= 0.6 is 24.0 Å². The summed E-state index contributed by atoms with van der Waals surface area (Å²) < 4.78 is 5.48. The molecule has 1 aliphatic rings. The maximum Gasteiger partial charge on any atom is 0.191 e. The lowest BCUT2D eigenvalue weighted by molar-refractivity contribution is 0.122. The van der Waals surface area contributed by atoms with E-state index in [2.05, 4.69) is 76.0 Å². The van der Waals surface area contributed by atoms with E-state index in [-0.39, 0.29) is 24.0 Å². The van der Waals surface area contributed by atoms with Gasteiger partial charge >= 0.3 is 0 Å². The molecule has 6 heteroatoms. The second kappa shape index (κ2) is 11.9. The van der Waals surface area contributed by atoms with Crippen LogP contribution in [0.25, 0.3) is 0 Å². The van der Waals surface area contributed by atoms with E-state index in [1.165, 1.54) is 22.4 Å². The first-order chi connectivity index (χ1) is 13.3. The van der Waals surface area contributed by atoms with Gasteiger partial charge in [-0.1, -0.05) is 49.4 Å². The van der Waals surface area contributed by atoms with Crippen molar-refractivity contribution in [2.24, 2.45) is 4.99 Å². The van der Waals surface area contributed by atoms with Crippen molar-refractivity contribution < 1.29 is 4.74 Å². The van der Waals surface area contributed by atoms with Gasteiger partial charge in [0.2, 0.25) is 0 Å². The first kappa shape index (κ1) is 22.5. The van der Waals surface area contributed by atoms with Crippen LogP contribution in [0.15, 0.2) is 53.5 Å². The number of guanidine groups is 1. The van der Waals surface area contributed by atoms with E-state index in [4.69, 9.17) is 4.74 Å². The Morgan fingerprint density at radius 2 is 1.50 bits per heavy atom. The molecule has 1 saturated heterocycles.